The molecule has 0 radical (unpaired) electrons. The SMILES string of the molecule is CCCN1CCC(NC(=NC)NCc2ccccc2N2CCOCC2)CC1. The lowest BCUT2D eigenvalue weighted by Crippen LogP contribution is -2.48. The minimum atomic E-state index is 0.513. The van der Waals surface area contributed by atoms with Gasteiger partial charge in [-0.25, -0.2) is 0 Å². The largest absolute Gasteiger partial charge is 0.378 e. The summed E-state index contributed by atoms with van der Waals surface area (Å²) in [7, 11) is 1.86. The molecular formula is C21H35N5O. The number of hydrogen-bond acceptors (Lipinski definition) is 4. The number of nitrogens with one attached hydrogen (secondary N) is 2. The molecular weight excluding hydrogens is 338 g/mol. The Morgan fingerprint density at radius 1 is 1.15 bits per heavy atom. The summed E-state index contributed by atoms with van der Waals surface area (Å²) in [6.45, 7) is 10.2. The molecule has 0 bridgehead atoms. The van der Waals surface area contributed by atoms with Crippen LogP contribution in [-0.4, -0.2) is 69.9 Å². The second-order valence-electron chi connectivity index (χ2n) is 7.41. The van der Waals surface area contributed by atoms with Gasteiger partial charge in [0, 0.05) is 51.5 Å². The molecule has 0 saturated carbocycles. The van der Waals surface area contributed by atoms with E-state index in [1.54, 1.807) is 0 Å². The summed E-state index contributed by atoms with van der Waals surface area (Å²) in [4.78, 5) is 9.42. The predicted molar refractivity (Wildman–Crippen MR) is 113 cm³/mol. The molecule has 2 aliphatic rings. The van der Waals surface area contributed by atoms with Crippen molar-refractivity contribution in [3.63, 3.8) is 0 Å². The van der Waals surface area contributed by atoms with Gasteiger partial charge in [-0.3, -0.25) is 4.99 Å². The number of ether oxygens (including phenoxy) is 1. The van der Waals surface area contributed by atoms with Crippen LogP contribution in [0.2, 0.25) is 0 Å². The highest BCUT2D eigenvalue weighted by molar-refractivity contribution is 5.80. The van der Waals surface area contributed by atoms with Gasteiger partial charge in [0.2, 0.25) is 0 Å². The molecule has 2 saturated heterocycles. The fourth-order valence-electron chi connectivity index (χ4n) is 3.96. The summed E-state index contributed by atoms with van der Waals surface area (Å²) < 4.78 is 5.49. The van der Waals surface area contributed by atoms with Crippen molar-refractivity contribution >= 4 is 11.6 Å². The third-order valence-corrected chi connectivity index (χ3v) is 5.48. The van der Waals surface area contributed by atoms with Gasteiger partial charge in [-0.15, -0.1) is 0 Å². The molecule has 0 aromatic heterocycles. The average Bonchev–Trinajstić information content (AvgIpc) is 2.73. The molecule has 1 aromatic carbocycles. The number of guanidine groups is 1. The average molecular weight is 374 g/mol. The molecule has 0 amide bonds. The Bertz CT molecular complexity index is 592. The maximum atomic E-state index is 5.49. The van der Waals surface area contributed by atoms with Gasteiger partial charge in [-0.2, -0.15) is 0 Å². The summed E-state index contributed by atoms with van der Waals surface area (Å²) in [5, 5.41) is 7.13. The highest BCUT2D eigenvalue weighted by atomic mass is 16.5. The zero-order valence-corrected chi connectivity index (χ0v) is 16.9. The minimum absolute atomic E-state index is 0.513. The highest BCUT2D eigenvalue weighted by Gasteiger charge is 2.19. The second kappa shape index (κ2) is 10.5. The van der Waals surface area contributed by atoms with Crippen molar-refractivity contribution in [1.29, 1.82) is 0 Å². The van der Waals surface area contributed by atoms with Crippen LogP contribution in [0.15, 0.2) is 29.3 Å². The summed E-state index contributed by atoms with van der Waals surface area (Å²) in [6, 6.07) is 9.15. The van der Waals surface area contributed by atoms with Crippen LogP contribution in [0.25, 0.3) is 0 Å². The highest BCUT2D eigenvalue weighted by Crippen LogP contribution is 2.21. The molecule has 27 heavy (non-hydrogen) atoms. The van der Waals surface area contributed by atoms with Crippen molar-refractivity contribution < 1.29 is 4.74 Å². The molecule has 6 nitrogen and oxygen atoms in total. The summed E-state index contributed by atoms with van der Waals surface area (Å²) in [6.07, 6.45) is 3.61. The number of rotatable bonds is 6. The van der Waals surface area contributed by atoms with E-state index in [4.69, 9.17) is 4.74 Å². The number of morpholine rings is 1. The lowest BCUT2D eigenvalue weighted by Gasteiger charge is -2.33. The number of para-hydroxylation sites is 1. The maximum absolute atomic E-state index is 5.49. The first kappa shape index (κ1) is 20.0. The van der Waals surface area contributed by atoms with E-state index in [1.807, 2.05) is 7.05 Å². The Kier molecular flexibility index (Phi) is 7.78. The molecule has 3 rings (SSSR count). The normalized spacial score (nSPS) is 19.9. The van der Waals surface area contributed by atoms with E-state index >= 15 is 0 Å². The van der Waals surface area contributed by atoms with Crippen LogP contribution in [0.1, 0.15) is 31.7 Å². The molecule has 2 aliphatic heterocycles. The number of hydrogen-bond donors (Lipinski definition) is 2. The van der Waals surface area contributed by atoms with Crippen LogP contribution >= 0.6 is 0 Å². The van der Waals surface area contributed by atoms with Gasteiger partial charge in [0.05, 0.1) is 13.2 Å². The Morgan fingerprint density at radius 3 is 2.59 bits per heavy atom. The van der Waals surface area contributed by atoms with Gasteiger partial charge in [0.25, 0.3) is 0 Å². The first-order valence-electron chi connectivity index (χ1n) is 10.4. The Hall–Kier alpha value is -1.79. The summed E-state index contributed by atoms with van der Waals surface area (Å²) >= 11 is 0. The van der Waals surface area contributed by atoms with Gasteiger partial charge in [-0.1, -0.05) is 25.1 Å². The van der Waals surface area contributed by atoms with Crippen LogP contribution in [0.5, 0.6) is 0 Å². The quantitative estimate of drug-likeness (QED) is 0.591. The Labute approximate surface area is 164 Å². The van der Waals surface area contributed by atoms with E-state index in [0.717, 1.165) is 38.8 Å². The van der Waals surface area contributed by atoms with Crippen molar-refractivity contribution in [2.75, 3.05) is 57.9 Å². The van der Waals surface area contributed by atoms with E-state index in [1.165, 1.54) is 50.1 Å². The fourth-order valence-corrected chi connectivity index (χ4v) is 3.96. The lowest BCUT2D eigenvalue weighted by atomic mass is 10.1. The number of piperidine rings is 1. The Morgan fingerprint density at radius 2 is 1.89 bits per heavy atom. The fraction of sp³-hybridized carbons (Fsp3) is 0.667. The monoisotopic (exact) mass is 373 g/mol. The molecule has 0 spiro atoms. The molecule has 0 aliphatic carbocycles. The molecule has 6 heteroatoms. The number of likely N-dealkylation sites (tertiary alicyclic amines) is 1. The van der Waals surface area contributed by atoms with Crippen molar-refractivity contribution in [2.45, 2.75) is 38.8 Å². The van der Waals surface area contributed by atoms with E-state index in [9.17, 15) is 0 Å². The van der Waals surface area contributed by atoms with E-state index in [0.29, 0.717) is 6.04 Å². The number of benzene rings is 1. The van der Waals surface area contributed by atoms with Gasteiger partial charge >= 0.3 is 0 Å². The molecule has 2 fully saturated rings. The molecule has 0 atom stereocenters. The second-order valence-corrected chi connectivity index (χ2v) is 7.41. The van der Waals surface area contributed by atoms with Gasteiger partial charge in [0.1, 0.15) is 0 Å². The molecule has 0 unspecified atom stereocenters. The van der Waals surface area contributed by atoms with E-state index in [-0.39, 0.29) is 0 Å². The first-order valence-corrected chi connectivity index (χ1v) is 10.4. The Balaban J connectivity index is 1.51. The van der Waals surface area contributed by atoms with Crippen molar-refractivity contribution in [1.82, 2.24) is 15.5 Å². The standard InChI is InChI=1S/C21H35N5O/c1-3-10-25-11-8-19(9-12-25)24-21(22-2)23-17-18-6-4-5-7-20(18)26-13-15-27-16-14-26/h4-7,19H,3,8-17H2,1-2H3,(H2,22,23,24). The van der Waals surface area contributed by atoms with Gasteiger partial charge < -0.3 is 25.2 Å². The zero-order chi connectivity index (χ0) is 18.9. The number of aliphatic imine (C=N–C) groups is 1. The van der Waals surface area contributed by atoms with Crippen LogP contribution in [0.3, 0.4) is 0 Å². The molecule has 2 heterocycles. The molecule has 150 valence electrons. The topological polar surface area (TPSA) is 52.1 Å². The summed E-state index contributed by atoms with van der Waals surface area (Å²) in [5.74, 6) is 0.903. The van der Waals surface area contributed by atoms with Crippen molar-refractivity contribution in [3.8, 4) is 0 Å². The summed E-state index contributed by atoms with van der Waals surface area (Å²) in [5.41, 5.74) is 2.61. The number of nitrogens with zero attached hydrogens (tertiary/aromatic N) is 3. The first-order chi connectivity index (χ1) is 13.3. The van der Waals surface area contributed by atoms with Crippen LogP contribution < -0.4 is 15.5 Å². The smallest absolute Gasteiger partial charge is 0.191 e. The third kappa shape index (κ3) is 5.84. The van der Waals surface area contributed by atoms with Crippen molar-refractivity contribution in [2.24, 2.45) is 4.99 Å². The van der Waals surface area contributed by atoms with E-state index in [2.05, 4.69) is 56.6 Å². The van der Waals surface area contributed by atoms with Crippen LogP contribution in [-0.2, 0) is 11.3 Å². The molecule has 1 aromatic rings. The van der Waals surface area contributed by atoms with E-state index < -0.39 is 0 Å². The third-order valence-electron chi connectivity index (χ3n) is 5.48. The van der Waals surface area contributed by atoms with Crippen LogP contribution in [0.4, 0.5) is 5.69 Å². The maximum Gasteiger partial charge on any atom is 0.191 e. The lowest BCUT2D eigenvalue weighted by molar-refractivity contribution is 0.122. The predicted octanol–water partition coefficient (Wildman–Crippen LogP) is 2.06. The van der Waals surface area contributed by atoms with Crippen LogP contribution in [0, 0.1) is 0 Å². The molecule has 2 N–H and O–H groups in total. The minimum Gasteiger partial charge on any atom is -0.378 e. The number of anilines is 1. The van der Waals surface area contributed by atoms with Crippen molar-refractivity contribution in [3.05, 3.63) is 29.8 Å². The van der Waals surface area contributed by atoms with Gasteiger partial charge in [-0.05, 0) is 37.4 Å². The zero-order valence-electron chi connectivity index (χ0n) is 16.9. The van der Waals surface area contributed by atoms with Gasteiger partial charge in [0.15, 0.2) is 5.96 Å².